The summed E-state index contributed by atoms with van der Waals surface area (Å²) in [5.74, 6) is -0.473. The van der Waals surface area contributed by atoms with E-state index in [0.717, 1.165) is 6.04 Å². The normalized spacial score (nSPS) is 14.4. The molecule has 1 aromatic carbocycles. The number of rotatable bonds is 9. The molecule has 0 aliphatic carbocycles. The maximum absolute atomic E-state index is 12.4. The molecule has 144 valence electrons. The zero-order chi connectivity index (χ0) is 19.3. The summed E-state index contributed by atoms with van der Waals surface area (Å²) >= 11 is 0. The molecule has 0 aliphatic rings. The second kappa shape index (κ2) is 8.52. The van der Waals surface area contributed by atoms with Crippen LogP contribution in [0.4, 0.5) is 13.2 Å². The molecular weight excluding hydrogens is 377 g/mol. The van der Waals surface area contributed by atoms with E-state index in [2.05, 4.69) is 0 Å². The molecule has 0 fully saturated rings. The van der Waals surface area contributed by atoms with Gasteiger partial charge in [0.1, 0.15) is 5.75 Å². The molecule has 1 unspecified atom stereocenters. The lowest BCUT2D eigenvalue weighted by molar-refractivity contribution is -0.0437. The molecule has 0 spiro atoms. The predicted octanol–water partition coefficient (Wildman–Crippen LogP) is 3.50. The third kappa shape index (κ3) is 6.61. The molecular formula is C15H23F3O5SSi. The first-order valence-electron chi connectivity index (χ1n) is 7.53. The lowest BCUT2D eigenvalue weighted by Gasteiger charge is -2.26. The summed E-state index contributed by atoms with van der Waals surface area (Å²) in [4.78, 5) is 0. The molecule has 0 saturated carbocycles. The van der Waals surface area contributed by atoms with Gasteiger partial charge in [0.05, 0.1) is 12.4 Å². The van der Waals surface area contributed by atoms with Crippen molar-refractivity contribution in [2.24, 2.45) is 5.92 Å². The standard InChI is InChI=1S/C15H23F3O5SSi/c1-12(11-25(4,21-2)22-3)9-23-14-7-5-13(6-8-14)10-24(19,20)15(16,17)18/h5-8,12H,9-11H2,1-4H3. The van der Waals surface area contributed by atoms with Crippen LogP contribution in [0.25, 0.3) is 0 Å². The Morgan fingerprint density at radius 1 is 1.12 bits per heavy atom. The van der Waals surface area contributed by atoms with Crippen molar-refractivity contribution < 1.29 is 35.2 Å². The van der Waals surface area contributed by atoms with E-state index in [9.17, 15) is 21.6 Å². The van der Waals surface area contributed by atoms with E-state index in [0.29, 0.717) is 12.4 Å². The van der Waals surface area contributed by atoms with Crippen LogP contribution in [-0.2, 0) is 24.4 Å². The van der Waals surface area contributed by atoms with E-state index in [-0.39, 0.29) is 11.5 Å². The van der Waals surface area contributed by atoms with Crippen molar-refractivity contribution in [2.45, 2.75) is 30.8 Å². The lowest BCUT2D eigenvalue weighted by atomic mass is 10.2. The average molecular weight is 400 g/mol. The zero-order valence-electron chi connectivity index (χ0n) is 14.6. The van der Waals surface area contributed by atoms with Gasteiger partial charge in [-0.25, -0.2) is 8.42 Å². The number of alkyl halides is 3. The Balaban J connectivity index is 2.61. The van der Waals surface area contributed by atoms with Crippen molar-refractivity contribution in [3.05, 3.63) is 29.8 Å². The fourth-order valence-electron chi connectivity index (χ4n) is 2.16. The van der Waals surface area contributed by atoms with Gasteiger partial charge in [-0.2, -0.15) is 13.2 Å². The van der Waals surface area contributed by atoms with Gasteiger partial charge in [0, 0.05) is 14.2 Å². The van der Waals surface area contributed by atoms with Crippen LogP contribution in [0.1, 0.15) is 12.5 Å². The first-order valence-corrected chi connectivity index (χ1v) is 11.7. The van der Waals surface area contributed by atoms with E-state index >= 15 is 0 Å². The van der Waals surface area contributed by atoms with Gasteiger partial charge in [-0.3, -0.25) is 0 Å². The molecule has 0 aromatic heterocycles. The largest absolute Gasteiger partial charge is 0.497 e. The molecule has 0 aliphatic heterocycles. The molecule has 0 N–H and O–H groups in total. The van der Waals surface area contributed by atoms with Crippen molar-refractivity contribution in [3.8, 4) is 5.75 Å². The van der Waals surface area contributed by atoms with Crippen LogP contribution in [0, 0.1) is 5.92 Å². The van der Waals surface area contributed by atoms with Crippen molar-refractivity contribution in [3.63, 3.8) is 0 Å². The Hall–Kier alpha value is -1.10. The molecule has 5 nitrogen and oxygen atoms in total. The van der Waals surface area contributed by atoms with Gasteiger partial charge in [-0.1, -0.05) is 19.1 Å². The van der Waals surface area contributed by atoms with Gasteiger partial charge in [0.15, 0.2) is 0 Å². The smallest absolute Gasteiger partial charge is 0.493 e. The number of hydrogen-bond acceptors (Lipinski definition) is 5. The molecule has 0 amide bonds. The summed E-state index contributed by atoms with van der Waals surface area (Å²) in [6.07, 6.45) is 0. The number of ether oxygens (including phenoxy) is 1. The van der Waals surface area contributed by atoms with Crippen molar-refractivity contribution in [2.75, 3.05) is 20.8 Å². The molecule has 1 rings (SSSR count). The molecule has 25 heavy (non-hydrogen) atoms. The fourth-order valence-corrected chi connectivity index (χ4v) is 4.84. The van der Waals surface area contributed by atoms with Gasteiger partial charge in [-0.05, 0) is 36.2 Å². The molecule has 0 heterocycles. The summed E-state index contributed by atoms with van der Waals surface area (Å²) < 4.78 is 75.8. The maximum atomic E-state index is 12.4. The van der Waals surface area contributed by atoms with E-state index in [4.69, 9.17) is 13.6 Å². The molecule has 0 radical (unpaired) electrons. The fraction of sp³-hybridized carbons (Fsp3) is 0.600. The first kappa shape index (κ1) is 21.9. The predicted molar refractivity (Wildman–Crippen MR) is 90.2 cm³/mol. The highest BCUT2D eigenvalue weighted by Gasteiger charge is 2.45. The van der Waals surface area contributed by atoms with Crippen molar-refractivity contribution >= 4 is 18.4 Å². The number of benzene rings is 1. The Morgan fingerprint density at radius 3 is 2.08 bits per heavy atom. The second-order valence-corrected chi connectivity index (χ2v) is 11.5. The van der Waals surface area contributed by atoms with Crippen LogP contribution in [0.5, 0.6) is 5.75 Å². The topological polar surface area (TPSA) is 61.8 Å². The Kier molecular flexibility index (Phi) is 7.48. The van der Waals surface area contributed by atoms with Gasteiger partial charge in [0.2, 0.25) is 0 Å². The van der Waals surface area contributed by atoms with Crippen LogP contribution in [0.3, 0.4) is 0 Å². The van der Waals surface area contributed by atoms with Crippen molar-refractivity contribution in [1.82, 2.24) is 0 Å². The minimum atomic E-state index is -5.25. The third-order valence-corrected chi connectivity index (χ3v) is 8.33. The summed E-state index contributed by atoms with van der Waals surface area (Å²) in [5.41, 5.74) is -5.20. The Bertz CT molecular complexity index is 642. The van der Waals surface area contributed by atoms with Crippen LogP contribution >= 0.6 is 0 Å². The van der Waals surface area contributed by atoms with Crippen LogP contribution in [0.2, 0.25) is 12.6 Å². The Morgan fingerprint density at radius 2 is 1.64 bits per heavy atom. The highest BCUT2D eigenvalue weighted by Crippen LogP contribution is 2.27. The quantitative estimate of drug-likeness (QED) is 0.594. The minimum absolute atomic E-state index is 0.0523. The SMILES string of the molecule is CO[Si](C)(CC(C)COc1ccc(CS(=O)(=O)C(F)(F)F)cc1)OC. The second-order valence-electron chi connectivity index (χ2n) is 6.01. The summed E-state index contributed by atoms with van der Waals surface area (Å²) in [6, 6.07) is 6.26. The van der Waals surface area contributed by atoms with Gasteiger partial charge in [0.25, 0.3) is 9.84 Å². The van der Waals surface area contributed by atoms with Gasteiger partial charge < -0.3 is 13.6 Å². The monoisotopic (exact) mass is 400 g/mol. The first-order chi connectivity index (χ1) is 11.4. The molecule has 0 bridgehead atoms. The molecule has 0 saturated heterocycles. The zero-order valence-corrected chi connectivity index (χ0v) is 16.4. The van der Waals surface area contributed by atoms with E-state index in [1.807, 2.05) is 13.5 Å². The number of halogens is 3. The number of hydrogen-bond donors (Lipinski definition) is 0. The highest BCUT2D eigenvalue weighted by molar-refractivity contribution is 7.91. The van der Waals surface area contributed by atoms with Gasteiger partial charge in [-0.15, -0.1) is 0 Å². The Labute approximate surface area is 147 Å². The van der Waals surface area contributed by atoms with Crippen molar-refractivity contribution in [1.29, 1.82) is 0 Å². The third-order valence-electron chi connectivity index (χ3n) is 3.75. The summed E-state index contributed by atoms with van der Waals surface area (Å²) in [6.45, 7) is 4.31. The average Bonchev–Trinajstić information content (AvgIpc) is 2.52. The molecule has 1 aromatic rings. The van der Waals surface area contributed by atoms with E-state index < -0.39 is 29.7 Å². The van der Waals surface area contributed by atoms with Crippen LogP contribution in [0.15, 0.2) is 24.3 Å². The molecule has 10 heteroatoms. The van der Waals surface area contributed by atoms with Crippen LogP contribution < -0.4 is 4.74 Å². The summed E-state index contributed by atoms with van der Waals surface area (Å²) in [5, 5.41) is 0. The lowest BCUT2D eigenvalue weighted by Crippen LogP contribution is -2.38. The molecule has 1 atom stereocenters. The summed E-state index contributed by atoms with van der Waals surface area (Å²) in [7, 11) is -4.17. The number of sulfone groups is 1. The van der Waals surface area contributed by atoms with Crippen LogP contribution in [-0.4, -0.2) is 43.3 Å². The van der Waals surface area contributed by atoms with E-state index in [1.54, 1.807) is 14.2 Å². The van der Waals surface area contributed by atoms with Gasteiger partial charge >= 0.3 is 14.1 Å². The maximum Gasteiger partial charge on any atom is 0.497 e. The highest BCUT2D eigenvalue weighted by atomic mass is 32.2. The van der Waals surface area contributed by atoms with E-state index in [1.165, 1.54) is 24.3 Å². The minimum Gasteiger partial charge on any atom is -0.493 e.